The quantitative estimate of drug-likeness (QED) is 0.340. The Morgan fingerprint density at radius 1 is 1.07 bits per heavy atom. The van der Waals surface area contributed by atoms with Gasteiger partial charge in [0, 0.05) is 0 Å². The van der Waals surface area contributed by atoms with Crippen molar-refractivity contribution in [2.24, 2.45) is 10.7 Å². The zero-order chi connectivity index (χ0) is 18.9. The fraction of sp³-hybridized carbons (Fsp3) is 0.350. The molecule has 1 atom stereocenters. The van der Waals surface area contributed by atoms with Crippen molar-refractivity contribution in [3.05, 3.63) is 53.6 Å². The van der Waals surface area contributed by atoms with E-state index in [2.05, 4.69) is 10.3 Å². The summed E-state index contributed by atoms with van der Waals surface area (Å²) in [5, 5.41) is 3.08. The van der Waals surface area contributed by atoms with Crippen LogP contribution in [-0.4, -0.2) is 32.8 Å². The van der Waals surface area contributed by atoms with E-state index in [9.17, 15) is 0 Å². The summed E-state index contributed by atoms with van der Waals surface area (Å²) in [6, 6.07) is 13.6. The topological polar surface area (TPSA) is 78.1 Å². The molecule has 0 amide bonds. The largest absolute Gasteiger partial charge is 0.493 e. The maximum atomic E-state index is 5.94. The smallest absolute Gasteiger partial charge is 0.189 e. The summed E-state index contributed by atoms with van der Waals surface area (Å²) in [5.74, 6) is 2.57. The monoisotopic (exact) mass is 485 g/mol. The van der Waals surface area contributed by atoms with Gasteiger partial charge in [-0.25, -0.2) is 4.99 Å². The molecule has 148 valence electrons. The highest BCUT2D eigenvalue weighted by Gasteiger charge is 2.06. The molecule has 6 nitrogen and oxygen atoms in total. The van der Waals surface area contributed by atoms with Gasteiger partial charge in [-0.2, -0.15) is 0 Å². The molecule has 7 heteroatoms. The Labute approximate surface area is 178 Å². The van der Waals surface area contributed by atoms with Gasteiger partial charge in [-0.05, 0) is 43.7 Å². The van der Waals surface area contributed by atoms with E-state index in [0.29, 0.717) is 30.5 Å². The van der Waals surface area contributed by atoms with Crippen LogP contribution in [-0.2, 0) is 6.54 Å². The Kier molecular flexibility index (Phi) is 9.77. The molecule has 0 saturated carbocycles. The van der Waals surface area contributed by atoms with Gasteiger partial charge in [0.1, 0.15) is 11.9 Å². The average Bonchev–Trinajstić information content (AvgIpc) is 2.66. The summed E-state index contributed by atoms with van der Waals surface area (Å²) < 4.78 is 16.3. The van der Waals surface area contributed by atoms with Crippen LogP contribution in [0.4, 0.5) is 0 Å². The highest BCUT2D eigenvalue weighted by Crippen LogP contribution is 2.27. The minimum Gasteiger partial charge on any atom is -0.493 e. The van der Waals surface area contributed by atoms with Gasteiger partial charge in [-0.1, -0.05) is 23.8 Å². The second-order valence-corrected chi connectivity index (χ2v) is 6.01. The molecule has 3 N–H and O–H groups in total. The number of aliphatic imine (C=N–C) groups is 1. The van der Waals surface area contributed by atoms with Crippen LogP contribution in [0.5, 0.6) is 17.2 Å². The van der Waals surface area contributed by atoms with E-state index in [-0.39, 0.29) is 30.1 Å². The van der Waals surface area contributed by atoms with Gasteiger partial charge in [0.15, 0.2) is 17.5 Å². The summed E-state index contributed by atoms with van der Waals surface area (Å²) in [4.78, 5) is 4.35. The third-order valence-corrected chi connectivity index (χ3v) is 3.81. The number of methoxy groups -OCH3 is 2. The number of halogens is 1. The van der Waals surface area contributed by atoms with Crippen molar-refractivity contribution in [1.82, 2.24) is 5.32 Å². The Balaban J connectivity index is 0.00000364. The molecule has 0 aromatic heterocycles. The lowest BCUT2D eigenvalue weighted by Crippen LogP contribution is -2.38. The molecule has 27 heavy (non-hydrogen) atoms. The number of ether oxygens (including phenoxy) is 3. The zero-order valence-corrected chi connectivity index (χ0v) is 18.5. The number of hydrogen-bond donors (Lipinski definition) is 2. The first-order valence-electron chi connectivity index (χ1n) is 8.50. The molecule has 0 aliphatic heterocycles. The van der Waals surface area contributed by atoms with Gasteiger partial charge < -0.3 is 25.3 Å². The number of nitrogens with two attached hydrogens (primary N) is 1. The first kappa shape index (κ1) is 22.9. The zero-order valence-electron chi connectivity index (χ0n) is 16.2. The summed E-state index contributed by atoms with van der Waals surface area (Å²) in [5.41, 5.74) is 8.12. The number of aryl methyl sites for hydroxylation is 1. The molecule has 2 rings (SSSR count). The van der Waals surface area contributed by atoms with Crippen molar-refractivity contribution in [1.29, 1.82) is 0 Å². The summed E-state index contributed by atoms with van der Waals surface area (Å²) in [6.07, 6.45) is -0.0347. The van der Waals surface area contributed by atoms with Crippen molar-refractivity contribution in [2.45, 2.75) is 26.5 Å². The van der Waals surface area contributed by atoms with Gasteiger partial charge in [-0.3, -0.25) is 0 Å². The van der Waals surface area contributed by atoms with Crippen LogP contribution in [0, 0.1) is 6.92 Å². The SMILES string of the molecule is COc1ccc(CN=C(N)NCC(C)Oc2ccc(C)cc2)cc1OC.I. The van der Waals surface area contributed by atoms with Gasteiger partial charge in [0.25, 0.3) is 0 Å². The van der Waals surface area contributed by atoms with Gasteiger partial charge >= 0.3 is 0 Å². The molecular formula is C20H28IN3O3. The standard InChI is InChI=1S/C20H27N3O3.HI/c1-14-5-8-17(9-6-14)26-15(2)12-22-20(21)23-13-16-7-10-18(24-3)19(11-16)25-4;/h5-11,15H,12-13H2,1-4H3,(H3,21,22,23);1H. The van der Waals surface area contributed by atoms with E-state index in [4.69, 9.17) is 19.9 Å². The lowest BCUT2D eigenvalue weighted by molar-refractivity contribution is 0.224. The Morgan fingerprint density at radius 3 is 2.37 bits per heavy atom. The lowest BCUT2D eigenvalue weighted by Gasteiger charge is -2.16. The minimum absolute atomic E-state index is 0. The van der Waals surface area contributed by atoms with Crippen molar-refractivity contribution in [3.8, 4) is 17.2 Å². The molecule has 0 radical (unpaired) electrons. The third kappa shape index (κ3) is 7.54. The van der Waals surface area contributed by atoms with E-state index in [1.54, 1.807) is 14.2 Å². The predicted molar refractivity (Wildman–Crippen MR) is 120 cm³/mol. The van der Waals surface area contributed by atoms with E-state index in [1.165, 1.54) is 5.56 Å². The molecule has 0 aliphatic carbocycles. The van der Waals surface area contributed by atoms with Gasteiger partial charge in [-0.15, -0.1) is 24.0 Å². The van der Waals surface area contributed by atoms with Crippen LogP contribution in [0.15, 0.2) is 47.5 Å². The van der Waals surface area contributed by atoms with Crippen molar-refractivity contribution >= 4 is 29.9 Å². The number of guanidine groups is 1. The molecular weight excluding hydrogens is 457 g/mol. The predicted octanol–water partition coefficient (Wildman–Crippen LogP) is 3.50. The lowest BCUT2D eigenvalue weighted by atomic mass is 10.2. The van der Waals surface area contributed by atoms with Crippen LogP contribution in [0.25, 0.3) is 0 Å². The summed E-state index contributed by atoms with van der Waals surface area (Å²) in [6.45, 7) is 5.04. The maximum absolute atomic E-state index is 5.94. The first-order valence-corrected chi connectivity index (χ1v) is 8.50. The Morgan fingerprint density at radius 2 is 1.74 bits per heavy atom. The second kappa shape index (κ2) is 11.5. The van der Waals surface area contributed by atoms with Crippen molar-refractivity contribution < 1.29 is 14.2 Å². The molecule has 0 saturated heterocycles. The minimum atomic E-state index is -0.0347. The van der Waals surface area contributed by atoms with Crippen LogP contribution >= 0.6 is 24.0 Å². The molecule has 0 heterocycles. The summed E-state index contributed by atoms with van der Waals surface area (Å²) in [7, 11) is 3.22. The van der Waals surface area contributed by atoms with Crippen molar-refractivity contribution in [2.75, 3.05) is 20.8 Å². The highest BCUT2D eigenvalue weighted by atomic mass is 127. The van der Waals surface area contributed by atoms with E-state index >= 15 is 0 Å². The van der Waals surface area contributed by atoms with Crippen molar-refractivity contribution in [3.63, 3.8) is 0 Å². The van der Waals surface area contributed by atoms with Crippen LogP contribution in [0.2, 0.25) is 0 Å². The maximum Gasteiger partial charge on any atom is 0.189 e. The number of nitrogens with one attached hydrogen (secondary N) is 1. The van der Waals surface area contributed by atoms with Gasteiger partial charge in [0.2, 0.25) is 0 Å². The molecule has 0 fully saturated rings. The third-order valence-electron chi connectivity index (χ3n) is 3.81. The van der Waals surface area contributed by atoms with E-state index < -0.39 is 0 Å². The average molecular weight is 485 g/mol. The number of benzene rings is 2. The molecule has 0 bridgehead atoms. The first-order chi connectivity index (χ1) is 12.5. The van der Waals surface area contributed by atoms with Crippen LogP contribution in [0.1, 0.15) is 18.1 Å². The number of rotatable bonds is 8. The fourth-order valence-corrected chi connectivity index (χ4v) is 2.35. The highest BCUT2D eigenvalue weighted by molar-refractivity contribution is 14.0. The van der Waals surface area contributed by atoms with Crippen LogP contribution in [0.3, 0.4) is 0 Å². The van der Waals surface area contributed by atoms with Gasteiger partial charge in [0.05, 0.1) is 27.3 Å². The molecule has 0 aliphatic rings. The molecule has 2 aromatic rings. The van der Waals surface area contributed by atoms with Crippen LogP contribution < -0.4 is 25.3 Å². The molecule has 0 spiro atoms. The number of nitrogens with zero attached hydrogens (tertiary/aromatic N) is 1. The Hall–Kier alpha value is -2.16. The Bertz CT molecular complexity index is 736. The van der Waals surface area contributed by atoms with E-state index in [0.717, 1.165) is 11.3 Å². The normalized spacial score (nSPS) is 11.9. The second-order valence-electron chi connectivity index (χ2n) is 6.01. The molecule has 1 unspecified atom stereocenters. The van der Waals surface area contributed by atoms with E-state index in [1.807, 2.05) is 56.3 Å². The molecule has 2 aromatic carbocycles. The fourth-order valence-electron chi connectivity index (χ4n) is 2.35. The summed E-state index contributed by atoms with van der Waals surface area (Å²) >= 11 is 0. The number of hydrogen-bond acceptors (Lipinski definition) is 4.